The van der Waals surface area contributed by atoms with Crippen molar-refractivity contribution < 1.29 is 4.79 Å². The van der Waals surface area contributed by atoms with E-state index in [4.69, 9.17) is 18.2 Å². The number of rotatable bonds is 4. The second-order valence-electron chi connectivity index (χ2n) is 5.34. The molecule has 3 rings (SSSR count). The molecule has 6 heteroatoms. The maximum Gasteiger partial charge on any atom is 0.255 e. The molecule has 124 valence electrons. The Morgan fingerprint density at radius 3 is 2.36 bits per heavy atom. The van der Waals surface area contributed by atoms with Crippen molar-refractivity contribution >= 4 is 51.3 Å². The number of nitrogens with one attached hydrogen (secondary N) is 1. The maximum atomic E-state index is 12.5. The summed E-state index contributed by atoms with van der Waals surface area (Å²) in [4.78, 5) is 12.5. The zero-order valence-corrected chi connectivity index (χ0v) is 15.5. The molecule has 0 radical (unpaired) electrons. The van der Waals surface area contributed by atoms with Gasteiger partial charge < -0.3 is 11.1 Å². The van der Waals surface area contributed by atoms with E-state index in [0.717, 1.165) is 15.6 Å². The number of benzene rings is 3. The van der Waals surface area contributed by atoms with Gasteiger partial charge in [-0.3, -0.25) is 4.79 Å². The van der Waals surface area contributed by atoms with Gasteiger partial charge >= 0.3 is 0 Å². The fraction of sp³-hybridized carbons (Fsp3) is 0. The summed E-state index contributed by atoms with van der Waals surface area (Å²) >= 11 is 8.23. The van der Waals surface area contributed by atoms with Gasteiger partial charge in [0.1, 0.15) is 5.69 Å². The molecular formula is C19H14BrN3OS. The van der Waals surface area contributed by atoms with Gasteiger partial charge in [0.15, 0.2) is 0 Å². The van der Waals surface area contributed by atoms with Crippen molar-refractivity contribution in [1.82, 2.24) is 0 Å². The summed E-state index contributed by atoms with van der Waals surface area (Å²) in [5.74, 6) is -0.194. The Balaban J connectivity index is 2.00. The van der Waals surface area contributed by atoms with E-state index in [1.165, 1.54) is 0 Å². The molecule has 0 saturated heterocycles. The summed E-state index contributed by atoms with van der Waals surface area (Å²) in [6.45, 7) is 0. The summed E-state index contributed by atoms with van der Waals surface area (Å²) in [6.07, 6.45) is 0. The molecule has 25 heavy (non-hydrogen) atoms. The lowest BCUT2D eigenvalue weighted by molar-refractivity contribution is 0.102. The molecule has 0 saturated carbocycles. The van der Waals surface area contributed by atoms with Crippen molar-refractivity contribution in [1.29, 1.82) is 0 Å². The van der Waals surface area contributed by atoms with Crippen LogP contribution in [0.25, 0.3) is 11.1 Å². The smallest absolute Gasteiger partial charge is 0.255 e. The second kappa shape index (κ2) is 7.55. The summed E-state index contributed by atoms with van der Waals surface area (Å²) in [5.41, 5.74) is 9.83. The Morgan fingerprint density at radius 1 is 0.960 bits per heavy atom. The predicted octanol–water partition coefficient (Wildman–Crippen LogP) is 5.31. The van der Waals surface area contributed by atoms with Crippen molar-refractivity contribution in [2.75, 3.05) is 11.1 Å². The van der Waals surface area contributed by atoms with Gasteiger partial charge in [-0.25, -0.2) is 0 Å². The van der Waals surface area contributed by atoms with Gasteiger partial charge in [0.05, 0.1) is 5.69 Å². The van der Waals surface area contributed by atoms with Crippen LogP contribution in [0.1, 0.15) is 10.4 Å². The van der Waals surface area contributed by atoms with Gasteiger partial charge in [-0.05, 0) is 36.4 Å². The Labute approximate surface area is 159 Å². The first kappa shape index (κ1) is 17.3. The average Bonchev–Trinajstić information content (AvgIpc) is 2.62. The van der Waals surface area contributed by atoms with Gasteiger partial charge in [0, 0.05) is 39.3 Å². The number of para-hydroxylation sites is 1. The largest absolute Gasteiger partial charge is 0.397 e. The van der Waals surface area contributed by atoms with Crippen LogP contribution in [0.15, 0.2) is 75.6 Å². The number of anilines is 2. The van der Waals surface area contributed by atoms with E-state index in [9.17, 15) is 4.79 Å². The molecule has 0 spiro atoms. The standard InChI is InChI=1S/C19H14BrN3OS/c20-13-10-8-12(9-11-13)19(24)22-17-7-2-1-4-14(17)15-5-3-6-16(21)18(15)23-25/h1-11H,21H2,(H,22,24). The van der Waals surface area contributed by atoms with Crippen LogP contribution in [0.5, 0.6) is 0 Å². The number of hydrogen-bond acceptors (Lipinski definition) is 4. The van der Waals surface area contributed by atoms with E-state index in [-0.39, 0.29) is 5.91 Å². The minimum atomic E-state index is -0.194. The summed E-state index contributed by atoms with van der Waals surface area (Å²) in [6, 6.07) is 20.1. The van der Waals surface area contributed by atoms with E-state index in [1.54, 1.807) is 18.2 Å². The number of nitrogens with zero attached hydrogens (tertiary/aromatic N) is 1. The van der Waals surface area contributed by atoms with Crippen molar-refractivity contribution in [2.24, 2.45) is 4.36 Å². The van der Waals surface area contributed by atoms with Crippen LogP contribution in [0, 0.1) is 0 Å². The van der Waals surface area contributed by atoms with E-state index in [1.807, 2.05) is 48.5 Å². The van der Waals surface area contributed by atoms with Crippen LogP contribution < -0.4 is 11.1 Å². The van der Waals surface area contributed by atoms with E-state index < -0.39 is 0 Å². The molecule has 0 fully saturated rings. The first-order valence-corrected chi connectivity index (χ1v) is 8.64. The molecule has 0 unspecified atom stereocenters. The van der Waals surface area contributed by atoms with Gasteiger partial charge in [-0.1, -0.05) is 46.3 Å². The van der Waals surface area contributed by atoms with Crippen LogP contribution in [-0.2, 0) is 12.4 Å². The highest BCUT2D eigenvalue weighted by atomic mass is 79.9. The third-order valence-electron chi connectivity index (χ3n) is 3.73. The molecule has 0 heterocycles. The molecule has 0 aliphatic heterocycles. The first-order valence-electron chi connectivity index (χ1n) is 7.48. The third kappa shape index (κ3) is 3.75. The highest BCUT2D eigenvalue weighted by Crippen LogP contribution is 2.38. The Bertz CT molecular complexity index is 942. The number of halogens is 1. The van der Waals surface area contributed by atoms with Crippen LogP contribution in [-0.4, -0.2) is 5.91 Å². The zero-order valence-electron chi connectivity index (χ0n) is 13.1. The molecule has 0 aromatic heterocycles. The fourth-order valence-electron chi connectivity index (χ4n) is 2.50. The number of hydrogen-bond donors (Lipinski definition) is 2. The first-order chi connectivity index (χ1) is 12.1. The minimum Gasteiger partial charge on any atom is -0.397 e. The molecule has 0 aliphatic carbocycles. The maximum absolute atomic E-state index is 12.5. The Morgan fingerprint density at radius 2 is 1.64 bits per heavy atom. The van der Waals surface area contributed by atoms with Gasteiger partial charge in [0.2, 0.25) is 0 Å². The van der Waals surface area contributed by atoms with Crippen LogP contribution in [0.2, 0.25) is 0 Å². The van der Waals surface area contributed by atoms with Crippen LogP contribution in [0.4, 0.5) is 17.1 Å². The minimum absolute atomic E-state index is 0.194. The number of nitrogen functional groups attached to an aromatic ring is 1. The number of amides is 1. The predicted molar refractivity (Wildman–Crippen MR) is 108 cm³/mol. The summed E-state index contributed by atoms with van der Waals surface area (Å²) in [5, 5.41) is 2.94. The normalized spacial score (nSPS) is 10.3. The molecule has 0 bridgehead atoms. The monoisotopic (exact) mass is 411 g/mol. The van der Waals surface area contributed by atoms with E-state index in [2.05, 4.69) is 25.6 Å². The molecule has 4 nitrogen and oxygen atoms in total. The Kier molecular flexibility index (Phi) is 5.21. The van der Waals surface area contributed by atoms with Gasteiger partial charge in [-0.15, -0.1) is 0 Å². The number of carbonyl (C=O) groups excluding carboxylic acids is 1. The lowest BCUT2D eigenvalue weighted by Crippen LogP contribution is -2.12. The molecule has 0 atom stereocenters. The quantitative estimate of drug-likeness (QED) is 0.571. The van der Waals surface area contributed by atoms with Crippen LogP contribution >= 0.6 is 15.9 Å². The third-order valence-corrected chi connectivity index (χ3v) is 4.44. The highest BCUT2D eigenvalue weighted by Gasteiger charge is 2.14. The van der Waals surface area contributed by atoms with Crippen LogP contribution in [0.3, 0.4) is 0 Å². The van der Waals surface area contributed by atoms with Gasteiger partial charge in [-0.2, -0.15) is 4.36 Å². The van der Waals surface area contributed by atoms with E-state index >= 15 is 0 Å². The molecular weight excluding hydrogens is 398 g/mol. The van der Waals surface area contributed by atoms with Crippen molar-refractivity contribution in [3.05, 3.63) is 76.8 Å². The molecule has 3 N–H and O–H groups in total. The summed E-state index contributed by atoms with van der Waals surface area (Å²) in [7, 11) is 0. The second-order valence-corrected chi connectivity index (χ2v) is 6.44. The average molecular weight is 412 g/mol. The lowest BCUT2D eigenvalue weighted by atomic mass is 10.0. The molecule has 0 aliphatic rings. The molecule has 3 aromatic carbocycles. The van der Waals surface area contributed by atoms with Crippen molar-refractivity contribution in [3.8, 4) is 11.1 Å². The highest BCUT2D eigenvalue weighted by molar-refractivity contribution is 9.10. The van der Waals surface area contributed by atoms with Crippen molar-refractivity contribution in [3.63, 3.8) is 0 Å². The molecule has 3 aromatic rings. The fourth-order valence-corrected chi connectivity index (χ4v) is 2.97. The summed E-state index contributed by atoms with van der Waals surface area (Å²) < 4.78 is 4.79. The van der Waals surface area contributed by atoms with Crippen molar-refractivity contribution in [2.45, 2.75) is 0 Å². The van der Waals surface area contributed by atoms with Gasteiger partial charge in [0.25, 0.3) is 5.91 Å². The zero-order chi connectivity index (χ0) is 17.8. The molecule has 1 amide bonds. The number of carbonyl (C=O) groups is 1. The topological polar surface area (TPSA) is 67.5 Å². The Hall–Kier alpha value is -2.57. The lowest BCUT2D eigenvalue weighted by Gasteiger charge is -2.13. The number of nitrogens with two attached hydrogens (primary N) is 1. The SMILES string of the molecule is Nc1cccc(-c2ccccc2NC(=O)c2ccc(Br)cc2)c1N=S. The van der Waals surface area contributed by atoms with E-state index in [0.29, 0.717) is 22.6 Å².